The van der Waals surface area contributed by atoms with Gasteiger partial charge in [0.15, 0.2) is 4.67 Å². The van der Waals surface area contributed by atoms with E-state index in [1.807, 2.05) is 13.8 Å². The van der Waals surface area contributed by atoms with Crippen LogP contribution in [0.5, 0.6) is 0 Å². The fourth-order valence-corrected chi connectivity index (χ4v) is 4.98. The van der Waals surface area contributed by atoms with Gasteiger partial charge in [0.05, 0.1) is 12.6 Å². The summed E-state index contributed by atoms with van der Waals surface area (Å²) in [5.41, 5.74) is -0.230. The summed E-state index contributed by atoms with van der Waals surface area (Å²) in [5.74, 6) is 0.562. The molecule has 0 saturated heterocycles. The van der Waals surface area contributed by atoms with Crippen molar-refractivity contribution in [2.24, 2.45) is 5.41 Å². The van der Waals surface area contributed by atoms with Crippen molar-refractivity contribution in [2.45, 2.75) is 43.9 Å². The third-order valence-corrected chi connectivity index (χ3v) is 6.44. The van der Waals surface area contributed by atoms with Crippen molar-refractivity contribution in [1.29, 1.82) is 0 Å². The predicted octanol–water partition coefficient (Wildman–Crippen LogP) is 1.85. The van der Waals surface area contributed by atoms with Crippen LogP contribution in [0.15, 0.2) is 20.0 Å². The Hall–Kier alpha value is -0.410. The van der Waals surface area contributed by atoms with Crippen LogP contribution in [-0.4, -0.2) is 34.7 Å². The molecule has 1 aliphatic rings. The maximum atomic E-state index is 12.5. The van der Waals surface area contributed by atoms with Crippen molar-refractivity contribution in [3.05, 3.63) is 16.5 Å². The van der Waals surface area contributed by atoms with E-state index in [0.717, 1.165) is 0 Å². The SMILES string of the molecule is CNCc1cc(S(=O)(=O)NC2CC(OC)C2(C)C)c(Br)o1. The van der Waals surface area contributed by atoms with Crippen molar-refractivity contribution < 1.29 is 17.6 Å². The molecule has 2 N–H and O–H groups in total. The molecule has 0 radical (unpaired) electrons. The normalized spacial score (nSPS) is 24.8. The maximum Gasteiger partial charge on any atom is 0.245 e. The number of furan rings is 1. The third kappa shape index (κ3) is 3.19. The van der Waals surface area contributed by atoms with Crippen molar-refractivity contribution >= 4 is 26.0 Å². The lowest BCUT2D eigenvalue weighted by atomic mass is 9.65. The van der Waals surface area contributed by atoms with E-state index >= 15 is 0 Å². The molecule has 6 nitrogen and oxygen atoms in total. The summed E-state index contributed by atoms with van der Waals surface area (Å²) in [6.45, 7) is 4.46. The molecule has 1 heterocycles. The van der Waals surface area contributed by atoms with E-state index in [9.17, 15) is 8.42 Å². The Morgan fingerprint density at radius 3 is 2.71 bits per heavy atom. The molecular weight excluding hydrogens is 360 g/mol. The topological polar surface area (TPSA) is 80.6 Å². The van der Waals surface area contributed by atoms with Gasteiger partial charge in [-0.2, -0.15) is 0 Å². The van der Waals surface area contributed by atoms with Gasteiger partial charge in [0.25, 0.3) is 0 Å². The molecule has 1 fully saturated rings. The molecule has 1 saturated carbocycles. The van der Waals surface area contributed by atoms with E-state index in [-0.39, 0.29) is 27.1 Å². The first-order valence-corrected chi connectivity index (χ1v) is 8.98. The Bertz CT molecular complexity index is 612. The molecule has 1 aromatic rings. The number of sulfonamides is 1. The minimum absolute atomic E-state index is 0.0674. The number of rotatable bonds is 6. The molecule has 1 aliphatic carbocycles. The van der Waals surface area contributed by atoms with Gasteiger partial charge in [0.1, 0.15) is 10.7 Å². The van der Waals surface area contributed by atoms with E-state index in [0.29, 0.717) is 18.7 Å². The average molecular weight is 381 g/mol. The highest BCUT2D eigenvalue weighted by molar-refractivity contribution is 9.10. The molecule has 0 bridgehead atoms. The lowest BCUT2D eigenvalue weighted by Crippen LogP contribution is -2.61. The number of nitrogens with one attached hydrogen (secondary N) is 2. The van der Waals surface area contributed by atoms with Crippen LogP contribution in [0.4, 0.5) is 0 Å². The smallest absolute Gasteiger partial charge is 0.245 e. The number of methoxy groups -OCH3 is 1. The zero-order valence-electron chi connectivity index (χ0n) is 12.6. The summed E-state index contributed by atoms with van der Waals surface area (Å²) in [7, 11) is -0.210. The van der Waals surface area contributed by atoms with Crippen LogP contribution >= 0.6 is 15.9 Å². The van der Waals surface area contributed by atoms with Gasteiger partial charge < -0.3 is 14.5 Å². The highest BCUT2D eigenvalue weighted by Gasteiger charge is 2.50. The zero-order valence-corrected chi connectivity index (χ0v) is 15.0. The molecular formula is C13H21BrN2O4S. The van der Waals surface area contributed by atoms with E-state index < -0.39 is 10.0 Å². The Morgan fingerprint density at radius 1 is 1.52 bits per heavy atom. The maximum absolute atomic E-state index is 12.5. The number of hydrogen-bond acceptors (Lipinski definition) is 5. The lowest BCUT2D eigenvalue weighted by Gasteiger charge is -2.50. The fourth-order valence-electron chi connectivity index (χ4n) is 2.58. The van der Waals surface area contributed by atoms with E-state index in [1.165, 1.54) is 6.07 Å². The zero-order chi connectivity index (χ0) is 15.8. The molecule has 2 rings (SSSR count). The Labute approximate surface area is 133 Å². The van der Waals surface area contributed by atoms with Gasteiger partial charge in [0.2, 0.25) is 10.0 Å². The predicted molar refractivity (Wildman–Crippen MR) is 82.5 cm³/mol. The minimum atomic E-state index is -3.63. The van der Waals surface area contributed by atoms with Gasteiger partial charge >= 0.3 is 0 Å². The highest BCUT2D eigenvalue weighted by Crippen LogP contribution is 2.43. The van der Waals surface area contributed by atoms with Crippen molar-refractivity contribution in [3.8, 4) is 0 Å². The lowest BCUT2D eigenvalue weighted by molar-refractivity contribution is -0.0908. The van der Waals surface area contributed by atoms with Crippen LogP contribution in [0.1, 0.15) is 26.0 Å². The molecule has 0 spiro atoms. The van der Waals surface area contributed by atoms with Crippen LogP contribution < -0.4 is 10.0 Å². The standard InChI is InChI=1S/C13H21BrN2O4S/c1-13(2)10(6-11(13)19-4)16-21(17,18)9-5-8(7-15-3)20-12(9)14/h5,10-11,15-16H,6-7H2,1-4H3. The first-order valence-electron chi connectivity index (χ1n) is 6.70. The molecule has 1 aromatic heterocycles. The molecule has 2 atom stereocenters. The molecule has 120 valence electrons. The van der Waals surface area contributed by atoms with Crippen molar-refractivity contribution in [3.63, 3.8) is 0 Å². The second-order valence-corrected chi connectivity index (χ2v) is 8.24. The third-order valence-electron chi connectivity index (χ3n) is 4.11. The summed E-state index contributed by atoms with van der Waals surface area (Å²) >= 11 is 3.17. The van der Waals surface area contributed by atoms with Crippen LogP contribution in [0.3, 0.4) is 0 Å². The van der Waals surface area contributed by atoms with Gasteiger partial charge in [-0.1, -0.05) is 13.8 Å². The van der Waals surface area contributed by atoms with Crippen LogP contribution in [-0.2, 0) is 21.3 Å². The molecule has 0 amide bonds. The van der Waals surface area contributed by atoms with Gasteiger partial charge in [-0.3, -0.25) is 0 Å². The Kier molecular flexibility index (Phi) is 4.84. The Morgan fingerprint density at radius 2 is 2.19 bits per heavy atom. The number of halogens is 1. The van der Waals surface area contributed by atoms with Crippen molar-refractivity contribution in [2.75, 3.05) is 14.2 Å². The van der Waals surface area contributed by atoms with Gasteiger partial charge in [-0.05, 0) is 29.4 Å². The van der Waals surface area contributed by atoms with E-state index in [1.54, 1.807) is 14.2 Å². The summed E-state index contributed by atoms with van der Waals surface area (Å²) in [5, 5.41) is 2.92. The van der Waals surface area contributed by atoms with Crippen molar-refractivity contribution in [1.82, 2.24) is 10.0 Å². The van der Waals surface area contributed by atoms with Gasteiger partial charge in [-0.25, -0.2) is 13.1 Å². The quantitative estimate of drug-likeness (QED) is 0.786. The molecule has 0 aromatic carbocycles. The van der Waals surface area contributed by atoms with E-state index in [4.69, 9.17) is 9.15 Å². The molecule has 0 aliphatic heterocycles. The first-order chi connectivity index (χ1) is 9.72. The molecule has 8 heteroatoms. The van der Waals surface area contributed by atoms with E-state index in [2.05, 4.69) is 26.0 Å². The highest BCUT2D eigenvalue weighted by atomic mass is 79.9. The summed E-state index contributed by atoms with van der Waals surface area (Å²) in [6.07, 6.45) is 0.736. The largest absolute Gasteiger partial charge is 0.452 e. The second kappa shape index (κ2) is 6.00. The monoisotopic (exact) mass is 380 g/mol. The summed E-state index contributed by atoms with van der Waals surface area (Å²) < 4.78 is 38.7. The second-order valence-electron chi connectivity index (χ2n) is 5.84. The summed E-state index contributed by atoms with van der Waals surface area (Å²) in [4.78, 5) is 0.129. The first kappa shape index (κ1) is 17.0. The average Bonchev–Trinajstić information content (AvgIpc) is 2.76. The van der Waals surface area contributed by atoms with Crippen LogP contribution in [0.25, 0.3) is 0 Å². The molecule has 2 unspecified atom stereocenters. The summed E-state index contributed by atoms with van der Waals surface area (Å²) in [6, 6.07) is 1.38. The number of ether oxygens (including phenoxy) is 1. The Balaban J connectivity index is 2.16. The van der Waals surface area contributed by atoms with Gasteiger partial charge in [-0.15, -0.1) is 0 Å². The fraction of sp³-hybridized carbons (Fsp3) is 0.692. The molecule has 21 heavy (non-hydrogen) atoms. The van der Waals surface area contributed by atoms with Gasteiger partial charge in [0, 0.05) is 24.6 Å². The van der Waals surface area contributed by atoms with Crippen LogP contribution in [0, 0.1) is 5.41 Å². The van der Waals surface area contributed by atoms with Crippen LogP contribution in [0.2, 0.25) is 0 Å². The minimum Gasteiger partial charge on any atom is -0.452 e. The number of hydrogen-bond donors (Lipinski definition) is 2.